The second-order valence-electron chi connectivity index (χ2n) is 15.4. The molecule has 2 heterocycles. The Morgan fingerprint density at radius 3 is 1.98 bits per heavy atom. The summed E-state index contributed by atoms with van der Waals surface area (Å²) in [5.41, 5.74) is 14.7. The van der Waals surface area contributed by atoms with Crippen molar-refractivity contribution in [1.82, 2.24) is 5.32 Å². The van der Waals surface area contributed by atoms with Crippen LogP contribution in [0.2, 0.25) is 0 Å². The molecule has 4 aromatic carbocycles. The van der Waals surface area contributed by atoms with Crippen molar-refractivity contribution in [2.45, 2.75) is 104 Å². The minimum atomic E-state index is -0.809. The van der Waals surface area contributed by atoms with E-state index in [9.17, 15) is 14.7 Å². The van der Waals surface area contributed by atoms with Crippen LogP contribution in [0.3, 0.4) is 0 Å². The van der Waals surface area contributed by atoms with Crippen LogP contribution in [0.25, 0.3) is 21.5 Å². The Morgan fingerprint density at radius 1 is 0.828 bits per heavy atom. The molecule has 1 atom stereocenters. The van der Waals surface area contributed by atoms with Gasteiger partial charge in [-0.15, -0.1) is 69.1 Å². The van der Waals surface area contributed by atoms with Gasteiger partial charge >= 0.3 is 5.97 Å². The fraction of sp³-hybridized carbons (Fsp3) is 0.367. The third kappa shape index (κ3) is 9.15. The van der Waals surface area contributed by atoms with Gasteiger partial charge in [0.05, 0.1) is 11.6 Å². The predicted molar refractivity (Wildman–Crippen MR) is 231 cm³/mol. The van der Waals surface area contributed by atoms with Crippen LogP contribution < -0.4 is 16.0 Å². The number of allylic oxidation sites excluding steroid dienone is 8. The van der Waals surface area contributed by atoms with E-state index in [0.29, 0.717) is 19.5 Å². The molecule has 2 aliphatic heterocycles. The van der Waals surface area contributed by atoms with Gasteiger partial charge < -0.3 is 21.1 Å². The van der Waals surface area contributed by atoms with Gasteiger partial charge in [-0.05, 0) is 50.3 Å². The summed E-state index contributed by atoms with van der Waals surface area (Å²) in [6, 6.07) is 24.4. The molecule has 1 amide bonds. The van der Waals surface area contributed by atoms with Crippen molar-refractivity contribution in [1.29, 1.82) is 0 Å². The van der Waals surface area contributed by atoms with Crippen LogP contribution in [0.15, 0.2) is 96.8 Å². The van der Waals surface area contributed by atoms with Crippen molar-refractivity contribution in [2.24, 2.45) is 5.73 Å². The van der Waals surface area contributed by atoms with Gasteiger partial charge in [-0.25, -0.2) is 4.58 Å². The molecular weight excluding hydrogens is 870 g/mol. The number of fused-ring (bicyclic) bond motifs is 6. The number of benzene rings is 4. The average molecular weight is 928 g/mol. The molecule has 2 radical (unpaired) electrons. The van der Waals surface area contributed by atoms with E-state index in [4.69, 9.17) is 5.73 Å². The maximum atomic E-state index is 12.8. The SMILES string of the molecule is CCC1(CC)C(/C=C/C=C/C=C/C=C2/N(CCC(=O)NC(C)N)c3ccc4cc(C)c[c-]c4c3C2(CC)CC)=[N+](CCC(=O)O)c2ccc3cc(C)c[c-]c3c21.[Y].[Y]. The van der Waals surface area contributed by atoms with Gasteiger partial charge in [0.15, 0.2) is 17.9 Å². The third-order valence-corrected chi connectivity index (χ3v) is 12.1. The normalized spacial score (nSPS) is 16.7. The predicted octanol–water partition coefficient (Wildman–Crippen LogP) is 9.78. The summed E-state index contributed by atoms with van der Waals surface area (Å²) in [7, 11) is 0. The van der Waals surface area contributed by atoms with Crippen LogP contribution >= 0.6 is 0 Å². The number of amides is 1. The van der Waals surface area contributed by atoms with Gasteiger partial charge in [0.25, 0.3) is 0 Å². The molecule has 0 saturated heterocycles. The number of carboxylic acid groups (broad SMARTS) is 1. The Bertz CT molecular complexity index is 2310. The number of rotatable bonds is 15. The fourth-order valence-electron chi connectivity index (χ4n) is 9.31. The van der Waals surface area contributed by atoms with Crippen LogP contribution in [0.5, 0.6) is 0 Å². The first kappa shape index (κ1) is 47.6. The maximum absolute atomic E-state index is 12.8. The summed E-state index contributed by atoms with van der Waals surface area (Å²) >= 11 is 0. The molecule has 298 valence electrons. The van der Waals surface area contributed by atoms with E-state index < -0.39 is 12.1 Å². The average Bonchev–Trinajstić information content (AvgIpc) is 3.61. The zero-order chi connectivity index (χ0) is 40.2. The van der Waals surface area contributed by atoms with Gasteiger partial charge in [0.1, 0.15) is 6.42 Å². The van der Waals surface area contributed by atoms with E-state index in [0.717, 1.165) is 58.9 Å². The molecule has 0 spiro atoms. The van der Waals surface area contributed by atoms with Crippen LogP contribution in [-0.4, -0.2) is 46.5 Å². The Balaban J connectivity index is 0.00000372. The third-order valence-electron chi connectivity index (χ3n) is 12.1. The molecule has 0 fully saturated rings. The minimum Gasteiger partial charge on any atom is -0.481 e. The zero-order valence-electron chi connectivity index (χ0n) is 35.3. The zero-order valence-corrected chi connectivity index (χ0v) is 41.0. The summed E-state index contributed by atoms with van der Waals surface area (Å²) in [6.07, 6.45) is 18.2. The maximum Gasteiger partial charge on any atom is 0.309 e. The van der Waals surface area contributed by atoms with Crippen molar-refractivity contribution in [3.63, 3.8) is 0 Å². The smallest absolute Gasteiger partial charge is 0.309 e. The Labute approximate surface area is 395 Å². The number of carbonyl (C=O) groups is 2. The monoisotopic (exact) mass is 927 g/mol. The molecule has 2 aliphatic rings. The van der Waals surface area contributed by atoms with Gasteiger partial charge in [-0.1, -0.05) is 95.7 Å². The number of nitrogens with two attached hydrogens (primary N) is 1. The topological polar surface area (TPSA) is 98.7 Å². The van der Waals surface area contributed by atoms with Gasteiger partial charge in [0, 0.05) is 101 Å². The minimum absolute atomic E-state index is 0. The standard InChI is InChI=1S/C49H57N4O3.2Y/c1-8-48(9-2)42(52(29-27-44(54)51-35(7)50)40-25-21-36-31-33(5)19-23-38(36)46(40)48)17-15-13-12-14-16-18-43-49(10-3,11-4)47-39-24-20-34(6)32-37(39)22-26-41(47)53(43)30-28-45(55)56;;/h12-22,25-26,31-32,35H,8-11,27-30,50H2,1-7H3,(H,51,54)(H,55,56);;/q-1;;. The van der Waals surface area contributed by atoms with E-state index in [-0.39, 0.29) is 88.6 Å². The summed E-state index contributed by atoms with van der Waals surface area (Å²) < 4.78 is 2.21. The molecule has 0 saturated carbocycles. The van der Waals surface area contributed by atoms with E-state index in [1.54, 1.807) is 6.92 Å². The van der Waals surface area contributed by atoms with Crippen LogP contribution in [0, 0.1) is 26.0 Å². The van der Waals surface area contributed by atoms with Crippen molar-refractivity contribution < 1.29 is 84.7 Å². The van der Waals surface area contributed by atoms with Crippen LogP contribution in [0.4, 0.5) is 11.4 Å². The molecular formula is C49H57N4O3Y2-. The summed E-state index contributed by atoms with van der Waals surface area (Å²) in [6.45, 7) is 15.9. The summed E-state index contributed by atoms with van der Waals surface area (Å²) in [4.78, 5) is 27.0. The first-order valence-corrected chi connectivity index (χ1v) is 20.3. The summed E-state index contributed by atoms with van der Waals surface area (Å²) in [5.74, 6) is -0.877. The number of carboxylic acids is 1. The molecule has 1 unspecified atom stereocenters. The van der Waals surface area contributed by atoms with Gasteiger partial charge in [0.2, 0.25) is 5.91 Å². The molecule has 4 N–H and O–H groups in total. The number of aliphatic carboxylic acids is 1. The molecule has 0 aliphatic carbocycles. The number of hydrogen-bond donors (Lipinski definition) is 3. The summed E-state index contributed by atoms with van der Waals surface area (Å²) in [5, 5.41) is 17.1. The Kier molecular flexibility index (Phi) is 16.8. The van der Waals surface area contributed by atoms with Gasteiger partial charge in [-0.2, -0.15) is 0 Å². The van der Waals surface area contributed by atoms with Crippen LogP contribution in [0.1, 0.15) is 95.4 Å². The Morgan fingerprint density at radius 2 is 1.40 bits per heavy atom. The van der Waals surface area contributed by atoms with E-state index in [1.165, 1.54) is 33.3 Å². The van der Waals surface area contributed by atoms with Crippen molar-refractivity contribution in [3.05, 3.63) is 131 Å². The molecule has 58 heavy (non-hydrogen) atoms. The first-order valence-electron chi connectivity index (χ1n) is 20.3. The van der Waals surface area contributed by atoms with Crippen LogP contribution in [-0.2, 0) is 85.8 Å². The van der Waals surface area contributed by atoms with Crippen molar-refractivity contribution in [3.8, 4) is 0 Å². The van der Waals surface area contributed by atoms with Crippen molar-refractivity contribution in [2.75, 3.05) is 18.0 Å². The van der Waals surface area contributed by atoms with E-state index in [1.807, 2.05) is 18.2 Å². The fourth-order valence-corrected chi connectivity index (χ4v) is 9.31. The van der Waals surface area contributed by atoms with Crippen molar-refractivity contribution >= 4 is 50.5 Å². The number of nitrogens with zero attached hydrogens (tertiary/aromatic N) is 2. The quantitative estimate of drug-likeness (QED) is 0.0478. The van der Waals surface area contributed by atoms with Gasteiger partial charge in [-0.3, -0.25) is 9.59 Å². The second kappa shape index (κ2) is 20.5. The molecule has 0 aromatic heterocycles. The number of aryl methyl sites for hydroxylation is 2. The number of anilines is 1. The Hall–Kier alpha value is -3.06. The molecule has 7 nitrogen and oxygen atoms in total. The second-order valence-corrected chi connectivity index (χ2v) is 15.4. The van der Waals surface area contributed by atoms with E-state index >= 15 is 0 Å². The number of carbonyl (C=O) groups excluding carboxylic acids is 1. The largest absolute Gasteiger partial charge is 0.481 e. The number of nitrogens with one attached hydrogen (secondary N) is 1. The molecule has 9 heteroatoms. The number of hydrogen-bond acceptors (Lipinski definition) is 4. The molecule has 4 aromatic rings. The molecule has 6 rings (SSSR count). The van der Waals surface area contributed by atoms with E-state index in [2.05, 4.69) is 141 Å². The molecule has 0 bridgehead atoms. The first-order chi connectivity index (χ1) is 26.9.